The van der Waals surface area contributed by atoms with Gasteiger partial charge in [0.2, 0.25) is 0 Å². The maximum absolute atomic E-state index is 11.3. The molecule has 0 aromatic carbocycles. The molecule has 0 saturated heterocycles. The second kappa shape index (κ2) is 5.03. The summed E-state index contributed by atoms with van der Waals surface area (Å²) >= 11 is 0. The number of rotatable bonds is 3. The quantitative estimate of drug-likeness (QED) is 0.729. The maximum Gasteiger partial charge on any atom is 0.407 e. The van der Waals surface area contributed by atoms with Gasteiger partial charge in [-0.3, -0.25) is 0 Å². The molecule has 4 N–H and O–H groups in total. The largest absolute Gasteiger partial charge is 0.444 e. The molecule has 0 saturated carbocycles. The summed E-state index contributed by atoms with van der Waals surface area (Å²) in [6, 6.07) is 3.78. The van der Waals surface area contributed by atoms with E-state index in [0.29, 0.717) is 13.1 Å². The minimum Gasteiger partial charge on any atom is -0.444 e. The van der Waals surface area contributed by atoms with Crippen LogP contribution in [0.4, 0.5) is 4.79 Å². The van der Waals surface area contributed by atoms with Gasteiger partial charge in [0.1, 0.15) is 5.60 Å². The van der Waals surface area contributed by atoms with Gasteiger partial charge in [0.05, 0.1) is 6.54 Å². The maximum atomic E-state index is 11.3. The summed E-state index contributed by atoms with van der Waals surface area (Å²) in [6.45, 7) is 6.36. The molecule has 0 atom stereocenters. The Morgan fingerprint density at radius 2 is 2.06 bits per heavy atom. The summed E-state index contributed by atoms with van der Waals surface area (Å²) in [6.07, 6.45) is -0.420. The van der Waals surface area contributed by atoms with Gasteiger partial charge in [0.15, 0.2) is 0 Å². The summed E-state index contributed by atoms with van der Waals surface area (Å²) in [4.78, 5) is 14.4. The van der Waals surface area contributed by atoms with Crippen molar-refractivity contribution >= 4 is 6.09 Å². The fourth-order valence-corrected chi connectivity index (χ4v) is 1.19. The van der Waals surface area contributed by atoms with Crippen molar-refractivity contribution < 1.29 is 9.53 Å². The van der Waals surface area contributed by atoms with Crippen LogP contribution in [0.25, 0.3) is 0 Å². The predicted molar refractivity (Wildman–Crippen MR) is 61.8 cm³/mol. The third kappa shape index (κ3) is 4.35. The van der Waals surface area contributed by atoms with E-state index in [0.717, 1.165) is 11.4 Å². The lowest BCUT2D eigenvalue weighted by Crippen LogP contribution is -2.32. The normalized spacial score (nSPS) is 11.2. The Morgan fingerprint density at radius 3 is 2.56 bits per heavy atom. The van der Waals surface area contributed by atoms with Crippen molar-refractivity contribution in [1.29, 1.82) is 0 Å². The van der Waals surface area contributed by atoms with Crippen LogP contribution in [0.1, 0.15) is 32.2 Å². The van der Waals surface area contributed by atoms with Gasteiger partial charge in [0, 0.05) is 17.9 Å². The van der Waals surface area contributed by atoms with Crippen LogP contribution in [0.3, 0.4) is 0 Å². The standard InChI is InChI=1S/C11H19N3O2/c1-11(2,3)16-10(15)13-7-9-5-4-8(6-12)14-9/h4-5,14H,6-7,12H2,1-3H3,(H,13,15). The number of aromatic amines is 1. The van der Waals surface area contributed by atoms with E-state index in [4.69, 9.17) is 10.5 Å². The number of alkyl carbamates (subject to hydrolysis) is 1. The second-order valence-electron chi connectivity index (χ2n) is 4.57. The molecule has 0 fully saturated rings. The average Bonchev–Trinajstić information content (AvgIpc) is 2.59. The van der Waals surface area contributed by atoms with Crippen LogP contribution < -0.4 is 11.1 Å². The molecular weight excluding hydrogens is 206 g/mol. The minimum atomic E-state index is -0.470. The molecule has 1 heterocycles. The van der Waals surface area contributed by atoms with Gasteiger partial charge >= 0.3 is 6.09 Å². The molecule has 0 aliphatic rings. The van der Waals surface area contributed by atoms with E-state index in [1.165, 1.54) is 0 Å². The third-order valence-corrected chi connectivity index (χ3v) is 1.85. The number of nitrogens with two attached hydrogens (primary N) is 1. The van der Waals surface area contributed by atoms with Crippen molar-refractivity contribution in [2.24, 2.45) is 5.73 Å². The van der Waals surface area contributed by atoms with Gasteiger partial charge in [-0.05, 0) is 32.9 Å². The van der Waals surface area contributed by atoms with Crippen molar-refractivity contribution in [3.05, 3.63) is 23.5 Å². The van der Waals surface area contributed by atoms with Crippen molar-refractivity contribution in [2.75, 3.05) is 0 Å². The van der Waals surface area contributed by atoms with Crippen LogP contribution in [-0.4, -0.2) is 16.7 Å². The number of amides is 1. The lowest BCUT2D eigenvalue weighted by atomic mass is 10.2. The number of nitrogens with one attached hydrogen (secondary N) is 2. The Hall–Kier alpha value is -1.49. The first-order valence-corrected chi connectivity index (χ1v) is 5.24. The van der Waals surface area contributed by atoms with Gasteiger partial charge < -0.3 is 20.8 Å². The van der Waals surface area contributed by atoms with Gasteiger partial charge in [-0.15, -0.1) is 0 Å². The Kier molecular flexibility index (Phi) is 3.95. The molecule has 1 rings (SSSR count). The highest BCUT2D eigenvalue weighted by molar-refractivity contribution is 5.67. The molecule has 5 nitrogen and oxygen atoms in total. The molecule has 0 bridgehead atoms. The molecule has 1 aromatic rings. The number of aromatic nitrogens is 1. The molecular formula is C11H19N3O2. The average molecular weight is 225 g/mol. The van der Waals surface area contributed by atoms with Crippen molar-refractivity contribution in [1.82, 2.24) is 10.3 Å². The summed E-state index contributed by atoms with van der Waals surface area (Å²) < 4.78 is 5.10. The second-order valence-corrected chi connectivity index (χ2v) is 4.57. The minimum absolute atomic E-state index is 0.412. The van der Waals surface area contributed by atoms with Gasteiger partial charge in [0.25, 0.3) is 0 Å². The van der Waals surface area contributed by atoms with Crippen LogP contribution in [0.5, 0.6) is 0 Å². The molecule has 0 spiro atoms. The van der Waals surface area contributed by atoms with Crippen LogP contribution >= 0.6 is 0 Å². The third-order valence-electron chi connectivity index (χ3n) is 1.85. The van der Waals surface area contributed by atoms with Gasteiger partial charge in [-0.2, -0.15) is 0 Å². The number of ether oxygens (including phenoxy) is 1. The van der Waals surface area contributed by atoms with Crippen molar-refractivity contribution in [3.63, 3.8) is 0 Å². The lowest BCUT2D eigenvalue weighted by Gasteiger charge is -2.19. The highest BCUT2D eigenvalue weighted by Gasteiger charge is 2.15. The van der Waals surface area contributed by atoms with Gasteiger partial charge in [-0.1, -0.05) is 0 Å². The molecule has 16 heavy (non-hydrogen) atoms. The number of hydrogen-bond acceptors (Lipinski definition) is 3. The SMILES string of the molecule is CC(C)(C)OC(=O)NCc1ccc(CN)[nH]1. The molecule has 0 aliphatic heterocycles. The predicted octanol–water partition coefficient (Wildman–Crippen LogP) is 1.50. The van der Waals surface area contributed by atoms with E-state index in [9.17, 15) is 4.79 Å². The van der Waals surface area contributed by atoms with E-state index < -0.39 is 11.7 Å². The monoisotopic (exact) mass is 225 g/mol. The topological polar surface area (TPSA) is 80.1 Å². The smallest absolute Gasteiger partial charge is 0.407 e. The highest BCUT2D eigenvalue weighted by atomic mass is 16.6. The van der Waals surface area contributed by atoms with Crippen LogP contribution in [0.15, 0.2) is 12.1 Å². The zero-order chi connectivity index (χ0) is 12.2. The summed E-state index contributed by atoms with van der Waals surface area (Å²) in [5.41, 5.74) is 6.84. The number of carbonyl (C=O) groups excluding carboxylic acids is 1. The van der Waals surface area contributed by atoms with Crippen molar-refractivity contribution in [3.8, 4) is 0 Å². The van der Waals surface area contributed by atoms with E-state index in [1.54, 1.807) is 0 Å². The van der Waals surface area contributed by atoms with E-state index in [-0.39, 0.29) is 0 Å². The summed E-state index contributed by atoms with van der Waals surface area (Å²) in [5, 5.41) is 2.66. The fourth-order valence-electron chi connectivity index (χ4n) is 1.19. The Labute approximate surface area is 95.4 Å². The molecule has 0 unspecified atom stereocenters. The van der Waals surface area contributed by atoms with Crippen molar-refractivity contribution in [2.45, 2.75) is 39.5 Å². The molecule has 0 radical (unpaired) electrons. The lowest BCUT2D eigenvalue weighted by molar-refractivity contribution is 0.0523. The Morgan fingerprint density at radius 1 is 1.44 bits per heavy atom. The number of hydrogen-bond donors (Lipinski definition) is 3. The zero-order valence-corrected chi connectivity index (χ0v) is 9.96. The first kappa shape index (κ1) is 12.6. The Balaban J connectivity index is 2.37. The summed E-state index contributed by atoms with van der Waals surface area (Å²) in [5.74, 6) is 0. The number of H-pyrrole nitrogens is 1. The molecule has 5 heteroatoms. The van der Waals surface area contributed by atoms with E-state index in [2.05, 4.69) is 10.3 Å². The Bertz CT molecular complexity index is 352. The van der Waals surface area contributed by atoms with Gasteiger partial charge in [-0.25, -0.2) is 4.79 Å². The number of carbonyl (C=O) groups is 1. The molecule has 1 amide bonds. The first-order valence-electron chi connectivity index (χ1n) is 5.24. The fraction of sp³-hybridized carbons (Fsp3) is 0.545. The molecule has 90 valence electrons. The molecule has 0 aliphatic carbocycles. The van der Waals surface area contributed by atoms with Crippen LogP contribution in [0, 0.1) is 0 Å². The highest BCUT2D eigenvalue weighted by Crippen LogP contribution is 2.07. The van der Waals surface area contributed by atoms with Crippen LogP contribution in [0.2, 0.25) is 0 Å². The van der Waals surface area contributed by atoms with E-state index >= 15 is 0 Å². The van der Waals surface area contributed by atoms with E-state index in [1.807, 2.05) is 32.9 Å². The zero-order valence-electron chi connectivity index (χ0n) is 9.96. The molecule has 1 aromatic heterocycles. The van der Waals surface area contributed by atoms with Crippen LogP contribution in [-0.2, 0) is 17.8 Å². The first-order chi connectivity index (χ1) is 7.40. The summed E-state index contributed by atoms with van der Waals surface area (Å²) in [7, 11) is 0.